The Balaban J connectivity index is 1.65. The predicted octanol–water partition coefficient (Wildman–Crippen LogP) is 1.93. The van der Waals surface area contributed by atoms with Crippen LogP contribution in [0.25, 0.3) is 5.69 Å². The SMILES string of the molecule is Cc1ccc(-n2nc(CCCN=C(N)N3CCSCC3)c(C#N)c2N)cc1. The molecular weight excluding hydrogens is 358 g/mol. The summed E-state index contributed by atoms with van der Waals surface area (Å²) in [5.74, 6) is 3.18. The zero-order valence-corrected chi connectivity index (χ0v) is 16.4. The number of anilines is 1. The van der Waals surface area contributed by atoms with Crippen LogP contribution in [0.5, 0.6) is 0 Å². The van der Waals surface area contributed by atoms with E-state index in [0.29, 0.717) is 36.0 Å². The van der Waals surface area contributed by atoms with E-state index in [1.807, 2.05) is 43.0 Å². The Morgan fingerprint density at radius 2 is 2.00 bits per heavy atom. The maximum Gasteiger partial charge on any atom is 0.191 e. The number of thioether (sulfide) groups is 1. The first kappa shape index (κ1) is 19.1. The number of aryl methyl sites for hydroxylation is 2. The van der Waals surface area contributed by atoms with Gasteiger partial charge in [-0.05, 0) is 31.9 Å². The number of hydrogen-bond acceptors (Lipinski definition) is 5. The van der Waals surface area contributed by atoms with Gasteiger partial charge in [0.05, 0.1) is 11.4 Å². The lowest BCUT2D eigenvalue weighted by Gasteiger charge is -2.27. The van der Waals surface area contributed by atoms with Gasteiger partial charge in [0.25, 0.3) is 0 Å². The zero-order valence-electron chi connectivity index (χ0n) is 15.6. The minimum Gasteiger partial charge on any atom is -0.382 e. The molecule has 0 bridgehead atoms. The van der Waals surface area contributed by atoms with Gasteiger partial charge in [0.2, 0.25) is 0 Å². The summed E-state index contributed by atoms with van der Waals surface area (Å²) in [5.41, 5.74) is 15.4. The maximum atomic E-state index is 9.48. The minimum atomic E-state index is 0.380. The van der Waals surface area contributed by atoms with Crippen LogP contribution in [0.15, 0.2) is 29.3 Å². The van der Waals surface area contributed by atoms with E-state index in [-0.39, 0.29) is 0 Å². The van der Waals surface area contributed by atoms with Crippen molar-refractivity contribution < 1.29 is 0 Å². The lowest BCUT2D eigenvalue weighted by atomic mass is 10.1. The molecule has 1 fully saturated rings. The molecule has 0 aliphatic carbocycles. The lowest BCUT2D eigenvalue weighted by molar-refractivity contribution is 0.455. The van der Waals surface area contributed by atoms with E-state index >= 15 is 0 Å². The van der Waals surface area contributed by atoms with E-state index in [4.69, 9.17) is 11.5 Å². The Labute approximate surface area is 164 Å². The molecule has 1 saturated heterocycles. The number of guanidine groups is 1. The van der Waals surface area contributed by atoms with Crippen LogP contribution >= 0.6 is 11.8 Å². The van der Waals surface area contributed by atoms with Crippen molar-refractivity contribution in [3.63, 3.8) is 0 Å². The summed E-state index contributed by atoms with van der Waals surface area (Å²) >= 11 is 1.94. The summed E-state index contributed by atoms with van der Waals surface area (Å²) < 4.78 is 1.64. The van der Waals surface area contributed by atoms with Crippen molar-refractivity contribution in [2.45, 2.75) is 19.8 Å². The van der Waals surface area contributed by atoms with E-state index in [9.17, 15) is 5.26 Å². The third-order valence-electron chi connectivity index (χ3n) is 4.56. The third kappa shape index (κ3) is 4.55. The van der Waals surface area contributed by atoms with Crippen LogP contribution < -0.4 is 11.5 Å². The molecule has 1 aliphatic rings. The normalized spacial score (nSPS) is 15.0. The van der Waals surface area contributed by atoms with Crippen LogP contribution in [0.3, 0.4) is 0 Å². The number of nitrogens with two attached hydrogens (primary N) is 2. The van der Waals surface area contributed by atoms with Crippen molar-refractivity contribution in [2.24, 2.45) is 10.7 Å². The second-order valence-corrected chi connectivity index (χ2v) is 7.73. The zero-order chi connectivity index (χ0) is 19.2. The second-order valence-electron chi connectivity index (χ2n) is 6.51. The molecule has 1 aromatic heterocycles. The Morgan fingerprint density at radius 1 is 1.30 bits per heavy atom. The minimum absolute atomic E-state index is 0.380. The summed E-state index contributed by atoms with van der Waals surface area (Å²) in [5, 5.41) is 14.0. The van der Waals surface area contributed by atoms with E-state index in [1.165, 1.54) is 0 Å². The van der Waals surface area contributed by atoms with Crippen molar-refractivity contribution in [3.05, 3.63) is 41.1 Å². The average Bonchev–Trinajstić information content (AvgIpc) is 3.01. The Morgan fingerprint density at radius 3 is 2.67 bits per heavy atom. The van der Waals surface area contributed by atoms with Gasteiger partial charge in [0.15, 0.2) is 5.96 Å². The summed E-state index contributed by atoms with van der Waals surface area (Å²) in [7, 11) is 0. The van der Waals surface area contributed by atoms with Crippen molar-refractivity contribution in [2.75, 3.05) is 36.9 Å². The molecule has 8 heteroatoms. The Bertz CT molecular complexity index is 842. The quantitative estimate of drug-likeness (QED) is 0.464. The molecule has 2 heterocycles. The van der Waals surface area contributed by atoms with Crippen LogP contribution in [0.4, 0.5) is 5.82 Å². The molecule has 27 heavy (non-hydrogen) atoms. The second kappa shape index (κ2) is 8.82. The average molecular weight is 384 g/mol. The van der Waals surface area contributed by atoms with Crippen molar-refractivity contribution >= 4 is 23.5 Å². The van der Waals surface area contributed by atoms with Gasteiger partial charge in [-0.15, -0.1) is 0 Å². The first-order valence-electron chi connectivity index (χ1n) is 9.07. The smallest absolute Gasteiger partial charge is 0.191 e. The van der Waals surface area contributed by atoms with Gasteiger partial charge in [-0.1, -0.05) is 17.7 Å². The molecule has 0 unspecified atom stereocenters. The number of hydrogen-bond donors (Lipinski definition) is 2. The molecule has 1 aliphatic heterocycles. The van der Waals surface area contributed by atoms with Crippen LogP contribution in [0.2, 0.25) is 0 Å². The molecule has 0 atom stereocenters. The fourth-order valence-corrected chi connectivity index (χ4v) is 3.89. The standard InChI is InChI=1S/C19H25N7S/c1-14-4-6-15(7-5-14)26-18(21)16(13-20)17(24-26)3-2-8-23-19(22)25-9-11-27-12-10-25/h4-7H,2-3,8-12,21H2,1H3,(H2,22,23). The summed E-state index contributed by atoms with van der Waals surface area (Å²) in [6, 6.07) is 10.1. The van der Waals surface area contributed by atoms with Gasteiger partial charge >= 0.3 is 0 Å². The number of nitriles is 1. The molecule has 4 N–H and O–H groups in total. The molecule has 3 rings (SSSR count). The van der Waals surface area contributed by atoms with Gasteiger partial charge in [-0.2, -0.15) is 22.1 Å². The fourth-order valence-electron chi connectivity index (χ4n) is 2.99. The molecule has 0 radical (unpaired) electrons. The first-order chi connectivity index (χ1) is 13.1. The van der Waals surface area contributed by atoms with Crippen LogP contribution in [0.1, 0.15) is 23.2 Å². The van der Waals surface area contributed by atoms with Crippen LogP contribution in [-0.2, 0) is 6.42 Å². The maximum absolute atomic E-state index is 9.48. The monoisotopic (exact) mass is 383 g/mol. The van der Waals surface area contributed by atoms with E-state index in [0.717, 1.165) is 42.3 Å². The Hall–Kier alpha value is -2.66. The Kier molecular flexibility index (Phi) is 6.24. The molecule has 2 aromatic rings. The van der Waals surface area contributed by atoms with E-state index in [2.05, 4.69) is 21.1 Å². The molecule has 0 amide bonds. The van der Waals surface area contributed by atoms with Gasteiger partial charge in [-0.3, -0.25) is 4.99 Å². The third-order valence-corrected chi connectivity index (χ3v) is 5.51. The number of aromatic nitrogens is 2. The number of nitrogen functional groups attached to an aromatic ring is 1. The largest absolute Gasteiger partial charge is 0.382 e. The van der Waals surface area contributed by atoms with Gasteiger partial charge < -0.3 is 16.4 Å². The summed E-state index contributed by atoms with van der Waals surface area (Å²) in [4.78, 5) is 6.60. The van der Waals surface area contributed by atoms with Crippen molar-refractivity contribution in [1.29, 1.82) is 5.26 Å². The van der Waals surface area contributed by atoms with Gasteiger partial charge in [-0.25, -0.2) is 4.68 Å². The van der Waals surface area contributed by atoms with E-state index < -0.39 is 0 Å². The topological polar surface area (TPSA) is 109 Å². The van der Waals surface area contributed by atoms with Gasteiger partial charge in [0, 0.05) is 31.1 Å². The molecule has 0 saturated carbocycles. The highest BCUT2D eigenvalue weighted by Gasteiger charge is 2.16. The highest BCUT2D eigenvalue weighted by Crippen LogP contribution is 2.22. The highest BCUT2D eigenvalue weighted by molar-refractivity contribution is 7.99. The molecule has 1 aromatic carbocycles. The predicted molar refractivity (Wildman–Crippen MR) is 111 cm³/mol. The van der Waals surface area contributed by atoms with Gasteiger partial charge in [0.1, 0.15) is 17.5 Å². The number of nitrogens with zero attached hydrogens (tertiary/aromatic N) is 5. The first-order valence-corrected chi connectivity index (χ1v) is 10.2. The van der Waals surface area contributed by atoms with E-state index in [1.54, 1.807) is 4.68 Å². The molecule has 142 valence electrons. The fraction of sp³-hybridized carbons (Fsp3) is 0.421. The molecule has 7 nitrogen and oxygen atoms in total. The summed E-state index contributed by atoms with van der Waals surface area (Å²) in [6.45, 7) is 4.54. The molecular formula is C19H25N7S. The molecule has 0 spiro atoms. The summed E-state index contributed by atoms with van der Waals surface area (Å²) in [6.07, 6.45) is 1.40. The number of aliphatic imine (C=N–C) groups is 1. The number of rotatable bonds is 5. The number of benzene rings is 1. The van der Waals surface area contributed by atoms with Crippen molar-refractivity contribution in [1.82, 2.24) is 14.7 Å². The van der Waals surface area contributed by atoms with Crippen molar-refractivity contribution in [3.8, 4) is 11.8 Å². The lowest BCUT2D eigenvalue weighted by Crippen LogP contribution is -2.42. The van der Waals surface area contributed by atoms with Crippen LogP contribution in [-0.4, -0.2) is 51.8 Å². The van der Waals surface area contributed by atoms with Crippen LogP contribution in [0, 0.1) is 18.3 Å². The highest BCUT2D eigenvalue weighted by atomic mass is 32.2.